The molecule has 1 amide bonds. The standard InChI is InChI=1S/C12H22N4O/c1-8(2)6-7-15(4)12(17)11-10(13)9(3)14-16(11)5/h8H,6-7,13H2,1-5H3. The Balaban J connectivity index is 2.82. The van der Waals surface area contributed by atoms with E-state index < -0.39 is 0 Å². The van der Waals surface area contributed by atoms with Gasteiger partial charge in [-0.05, 0) is 19.3 Å². The molecule has 0 aliphatic rings. The van der Waals surface area contributed by atoms with Gasteiger partial charge in [-0.1, -0.05) is 13.8 Å². The zero-order chi connectivity index (χ0) is 13.2. The van der Waals surface area contributed by atoms with Gasteiger partial charge in [0.1, 0.15) is 5.69 Å². The van der Waals surface area contributed by atoms with Gasteiger partial charge in [0.2, 0.25) is 0 Å². The minimum absolute atomic E-state index is 0.0637. The van der Waals surface area contributed by atoms with Crippen molar-refractivity contribution < 1.29 is 4.79 Å². The summed E-state index contributed by atoms with van der Waals surface area (Å²) in [6, 6.07) is 0. The lowest BCUT2D eigenvalue weighted by Gasteiger charge is -2.18. The summed E-state index contributed by atoms with van der Waals surface area (Å²) in [4.78, 5) is 13.9. The number of nitrogens with two attached hydrogens (primary N) is 1. The Bertz CT molecular complexity index is 409. The number of amides is 1. The zero-order valence-electron chi connectivity index (χ0n) is 11.3. The third kappa shape index (κ3) is 2.99. The van der Waals surface area contributed by atoms with E-state index in [0.29, 0.717) is 23.0 Å². The smallest absolute Gasteiger partial charge is 0.274 e. The highest BCUT2D eigenvalue weighted by atomic mass is 16.2. The molecule has 0 bridgehead atoms. The minimum Gasteiger partial charge on any atom is -0.395 e. The Labute approximate surface area is 103 Å². The first kappa shape index (κ1) is 13.5. The lowest BCUT2D eigenvalue weighted by Crippen LogP contribution is -2.30. The molecule has 0 spiro atoms. The van der Waals surface area contributed by atoms with Crippen molar-refractivity contribution in [2.45, 2.75) is 27.2 Å². The maximum absolute atomic E-state index is 12.2. The maximum atomic E-state index is 12.2. The van der Waals surface area contributed by atoms with Gasteiger partial charge in [-0.25, -0.2) is 0 Å². The van der Waals surface area contributed by atoms with E-state index in [1.165, 1.54) is 0 Å². The molecule has 1 aromatic rings. The molecule has 0 radical (unpaired) electrons. The molecule has 1 rings (SSSR count). The Morgan fingerprint density at radius 2 is 2.12 bits per heavy atom. The van der Waals surface area contributed by atoms with Gasteiger partial charge in [-0.2, -0.15) is 5.10 Å². The van der Waals surface area contributed by atoms with E-state index >= 15 is 0 Å². The van der Waals surface area contributed by atoms with Gasteiger partial charge in [0.15, 0.2) is 0 Å². The number of carbonyl (C=O) groups excluding carboxylic acids is 1. The quantitative estimate of drug-likeness (QED) is 0.863. The zero-order valence-corrected chi connectivity index (χ0v) is 11.3. The predicted octanol–water partition coefficient (Wildman–Crippen LogP) is 1.43. The van der Waals surface area contributed by atoms with Crippen LogP contribution in [0, 0.1) is 12.8 Å². The van der Waals surface area contributed by atoms with Crippen LogP contribution in [-0.2, 0) is 7.05 Å². The van der Waals surface area contributed by atoms with E-state index in [1.54, 1.807) is 30.6 Å². The number of aromatic nitrogens is 2. The van der Waals surface area contributed by atoms with Crippen LogP contribution in [0.2, 0.25) is 0 Å². The number of hydrogen-bond acceptors (Lipinski definition) is 3. The number of hydrogen-bond donors (Lipinski definition) is 1. The van der Waals surface area contributed by atoms with Crippen molar-refractivity contribution in [2.24, 2.45) is 13.0 Å². The number of nitrogens with zero attached hydrogens (tertiary/aromatic N) is 3. The van der Waals surface area contributed by atoms with Crippen molar-refractivity contribution in [3.63, 3.8) is 0 Å². The van der Waals surface area contributed by atoms with E-state index in [2.05, 4.69) is 18.9 Å². The van der Waals surface area contributed by atoms with Crippen LogP contribution in [0.25, 0.3) is 0 Å². The molecule has 0 aromatic carbocycles. The number of rotatable bonds is 4. The van der Waals surface area contributed by atoms with E-state index in [0.717, 1.165) is 13.0 Å². The Morgan fingerprint density at radius 1 is 1.53 bits per heavy atom. The molecule has 5 nitrogen and oxygen atoms in total. The lowest BCUT2D eigenvalue weighted by molar-refractivity contribution is 0.0779. The largest absolute Gasteiger partial charge is 0.395 e. The monoisotopic (exact) mass is 238 g/mol. The average Bonchev–Trinajstić information content (AvgIpc) is 2.49. The van der Waals surface area contributed by atoms with Gasteiger partial charge in [-0.15, -0.1) is 0 Å². The molecule has 1 aromatic heterocycles. The minimum atomic E-state index is -0.0637. The van der Waals surface area contributed by atoms with Gasteiger partial charge >= 0.3 is 0 Å². The molecular weight excluding hydrogens is 216 g/mol. The SMILES string of the molecule is Cc1nn(C)c(C(=O)N(C)CCC(C)C)c1N. The van der Waals surface area contributed by atoms with Crippen LogP contribution in [0.4, 0.5) is 5.69 Å². The molecule has 0 unspecified atom stereocenters. The molecule has 96 valence electrons. The summed E-state index contributed by atoms with van der Waals surface area (Å²) in [5.41, 5.74) is 7.53. The summed E-state index contributed by atoms with van der Waals surface area (Å²) < 4.78 is 1.55. The molecule has 0 aliphatic carbocycles. The van der Waals surface area contributed by atoms with Crippen LogP contribution in [0.15, 0.2) is 0 Å². The highest BCUT2D eigenvalue weighted by molar-refractivity contribution is 5.97. The van der Waals surface area contributed by atoms with Crippen molar-refractivity contribution in [2.75, 3.05) is 19.3 Å². The number of aryl methyl sites for hydroxylation is 2. The van der Waals surface area contributed by atoms with E-state index in [9.17, 15) is 4.79 Å². The van der Waals surface area contributed by atoms with Crippen LogP contribution in [-0.4, -0.2) is 34.2 Å². The fourth-order valence-corrected chi connectivity index (χ4v) is 1.66. The van der Waals surface area contributed by atoms with Crippen molar-refractivity contribution in [3.05, 3.63) is 11.4 Å². The topological polar surface area (TPSA) is 64.2 Å². The average molecular weight is 238 g/mol. The second kappa shape index (κ2) is 5.21. The van der Waals surface area contributed by atoms with Crippen LogP contribution < -0.4 is 5.73 Å². The van der Waals surface area contributed by atoms with E-state index in [-0.39, 0.29) is 5.91 Å². The maximum Gasteiger partial charge on any atom is 0.274 e. The van der Waals surface area contributed by atoms with E-state index in [4.69, 9.17) is 5.73 Å². The third-order valence-electron chi connectivity index (χ3n) is 2.86. The Hall–Kier alpha value is -1.52. The first-order valence-corrected chi connectivity index (χ1v) is 5.89. The number of anilines is 1. The third-order valence-corrected chi connectivity index (χ3v) is 2.86. The summed E-state index contributed by atoms with van der Waals surface area (Å²) in [7, 11) is 3.54. The molecule has 0 saturated carbocycles. The molecule has 5 heteroatoms. The van der Waals surface area contributed by atoms with Crippen LogP contribution in [0.5, 0.6) is 0 Å². The molecule has 0 aliphatic heterocycles. The summed E-state index contributed by atoms with van der Waals surface area (Å²) in [6.45, 7) is 6.82. The van der Waals surface area contributed by atoms with Gasteiger partial charge in [0, 0.05) is 20.6 Å². The van der Waals surface area contributed by atoms with Gasteiger partial charge < -0.3 is 10.6 Å². The van der Waals surface area contributed by atoms with Crippen LogP contribution in [0.1, 0.15) is 36.5 Å². The van der Waals surface area contributed by atoms with Crippen molar-refractivity contribution in [1.82, 2.24) is 14.7 Å². The summed E-state index contributed by atoms with van der Waals surface area (Å²) >= 11 is 0. The Kier molecular flexibility index (Phi) is 4.15. The highest BCUT2D eigenvalue weighted by Crippen LogP contribution is 2.17. The molecule has 0 fully saturated rings. The van der Waals surface area contributed by atoms with Crippen LogP contribution >= 0.6 is 0 Å². The van der Waals surface area contributed by atoms with Gasteiger partial charge in [0.25, 0.3) is 5.91 Å². The van der Waals surface area contributed by atoms with Crippen molar-refractivity contribution >= 4 is 11.6 Å². The lowest BCUT2D eigenvalue weighted by atomic mass is 10.1. The molecule has 0 atom stereocenters. The molecule has 1 heterocycles. The number of carbonyl (C=O) groups is 1. The second-order valence-electron chi connectivity index (χ2n) is 4.88. The van der Waals surface area contributed by atoms with E-state index in [1.807, 2.05) is 0 Å². The normalized spacial score (nSPS) is 10.9. The molecule has 17 heavy (non-hydrogen) atoms. The van der Waals surface area contributed by atoms with Crippen LogP contribution in [0.3, 0.4) is 0 Å². The van der Waals surface area contributed by atoms with Crippen molar-refractivity contribution in [3.8, 4) is 0 Å². The molecule has 2 N–H and O–H groups in total. The number of nitrogen functional groups attached to an aromatic ring is 1. The first-order valence-electron chi connectivity index (χ1n) is 5.89. The van der Waals surface area contributed by atoms with Crippen molar-refractivity contribution in [1.29, 1.82) is 0 Å². The fraction of sp³-hybridized carbons (Fsp3) is 0.667. The van der Waals surface area contributed by atoms with Gasteiger partial charge in [0.05, 0.1) is 11.4 Å². The Morgan fingerprint density at radius 3 is 2.53 bits per heavy atom. The second-order valence-corrected chi connectivity index (χ2v) is 4.88. The summed E-state index contributed by atoms with van der Waals surface area (Å²) in [6.07, 6.45) is 0.985. The molecule has 0 saturated heterocycles. The molecular formula is C12H22N4O. The summed E-state index contributed by atoms with van der Waals surface area (Å²) in [5, 5.41) is 4.15. The summed E-state index contributed by atoms with van der Waals surface area (Å²) in [5.74, 6) is 0.516. The van der Waals surface area contributed by atoms with Gasteiger partial charge in [-0.3, -0.25) is 9.48 Å². The first-order chi connectivity index (χ1) is 7.84. The highest BCUT2D eigenvalue weighted by Gasteiger charge is 2.21. The fourth-order valence-electron chi connectivity index (χ4n) is 1.66. The predicted molar refractivity (Wildman–Crippen MR) is 68.8 cm³/mol.